The van der Waals surface area contributed by atoms with Crippen LogP contribution in [0.5, 0.6) is 17.2 Å². The first-order valence-electron chi connectivity index (χ1n) is 10.5. The summed E-state index contributed by atoms with van der Waals surface area (Å²) >= 11 is 0. The second kappa shape index (κ2) is 11.0. The SMILES string of the molecule is CCCCCOc1ccc(OC(C)C(=O)N/N=C/c2c(O)ccc3ccccc23)cc1. The number of phenolic OH excluding ortho intramolecular Hbond substituents is 1. The van der Waals surface area contributed by atoms with Crippen molar-refractivity contribution in [3.05, 3.63) is 66.2 Å². The standard InChI is InChI=1S/C25H28N2O4/c1-3-4-7-16-30-20-11-13-21(14-12-20)31-18(2)25(29)27-26-17-23-22-9-6-5-8-19(22)10-15-24(23)28/h5-6,8-15,17-18,28H,3-4,7,16H2,1-2H3,(H,27,29)/b26-17+. The molecule has 6 heteroatoms. The first kappa shape index (κ1) is 22.2. The van der Waals surface area contributed by atoms with E-state index in [9.17, 15) is 9.90 Å². The lowest BCUT2D eigenvalue weighted by Gasteiger charge is -2.13. The van der Waals surface area contributed by atoms with E-state index in [1.807, 2.05) is 42.5 Å². The highest BCUT2D eigenvalue weighted by molar-refractivity contribution is 6.02. The van der Waals surface area contributed by atoms with Crippen LogP contribution >= 0.6 is 0 Å². The van der Waals surface area contributed by atoms with E-state index < -0.39 is 12.0 Å². The van der Waals surface area contributed by atoms with Gasteiger partial charge in [-0.15, -0.1) is 0 Å². The molecule has 6 nitrogen and oxygen atoms in total. The molecule has 1 atom stereocenters. The normalized spacial score (nSPS) is 12.1. The van der Waals surface area contributed by atoms with Gasteiger partial charge in [0.2, 0.25) is 0 Å². The topological polar surface area (TPSA) is 80.2 Å². The Bertz CT molecular complexity index is 1030. The molecule has 1 amide bonds. The minimum absolute atomic E-state index is 0.0954. The van der Waals surface area contributed by atoms with Gasteiger partial charge in [0, 0.05) is 5.56 Å². The molecule has 0 saturated carbocycles. The monoisotopic (exact) mass is 420 g/mol. The number of hydrogen-bond acceptors (Lipinski definition) is 5. The summed E-state index contributed by atoms with van der Waals surface area (Å²) in [4.78, 5) is 12.3. The van der Waals surface area contributed by atoms with Crippen molar-refractivity contribution in [1.82, 2.24) is 5.43 Å². The average Bonchev–Trinajstić information content (AvgIpc) is 2.79. The molecule has 0 aliphatic carbocycles. The zero-order chi connectivity index (χ0) is 22.1. The van der Waals surface area contributed by atoms with E-state index in [1.54, 1.807) is 25.1 Å². The van der Waals surface area contributed by atoms with E-state index in [-0.39, 0.29) is 5.75 Å². The minimum atomic E-state index is -0.741. The Balaban J connectivity index is 1.54. The van der Waals surface area contributed by atoms with Crippen molar-refractivity contribution in [1.29, 1.82) is 0 Å². The molecular formula is C25H28N2O4. The van der Waals surface area contributed by atoms with Gasteiger partial charge in [0.15, 0.2) is 6.10 Å². The van der Waals surface area contributed by atoms with Crippen molar-refractivity contribution in [2.75, 3.05) is 6.61 Å². The van der Waals surface area contributed by atoms with Crippen molar-refractivity contribution < 1.29 is 19.4 Å². The third-order valence-electron chi connectivity index (χ3n) is 4.84. The lowest BCUT2D eigenvalue weighted by atomic mass is 10.0. The molecule has 0 spiro atoms. The number of amides is 1. The van der Waals surface area contributed by atoms with Crippen LogP contribution in [-0.2, 0) is 4.79 Å². The van der Waals surface area contributed by atoms with Gasteiger partial charge in [-0.3, -0.25) is 4.79 Å². The van der Waals surface area contributed by atoms with E-state index in [0.717, 1.165) is 35.8 Å². The molecule has 0 fully saturated rings. The lowest BCUT2D eigenvalue weighted by Crippen LogP contribution is -2.33. The summed E-state index contributed by atoms with van der Waals surface area (Å²) in [5, 5.41) is 16.0. The Morgan fingerprint density at radius 2 is 1.81 bits per heavy atom. The fourth-order valence-electron chi connectivity index (χ4n) is 3.09. The predicted octanol–water partition coefficient (Wildman–Crippen LogP) is 5.03. The van der Waals surface area contributed by atoms with Gasteiger partial charge < -0.3 is 14.6 Å². The highest BCUT2D eigenvalue weighted by Gasteiger charge is 2.14. The van der Waals surface area contributed by atoms with Crippen LogP contribution in [0.25, 0.3) is 10.8 Å². The van der Waals surface area contributed by atoms with Crippen LogP contribution in [0.1, 0.15) is 38.7 Å². The summed E-state index contributed by atoms with van der Waals surface area (Å²) in [7, 11) is 0. The van der Waals surface area contributed by atoms with Crippen LogP contribution in [0, 0.1) is 0 Å². The Hall–Kier alpha value is -3.54. The van der Waals surface area contributed by atoms with Crippen molar-refractivity contribution in [3.8, 4) is 17.2 Å². The number of aromatic hydroxyl groups is 1. The zero-order valence-corrected chi connectivity index (χ0v) is 17.9. The summed E-state index contributed by atoms with van der Waals surface area (Å²) in [5.41, 5.74) is 3.01. The smallest absolute Gasteiger partial charge is 0.280 e. The maximum atomic E-state index is 12.3. The molecule has 0 aromatic heterocycles. The second-order valence-corrected chi connectivity index (χ2v) is 7.24. The molecule has 1 unspecified atom stereocenters. The number of nitrogens with zero attached hydrogens (tertiary/aromatic N) is 1. The molecule has 0 heterocycles. The minimum Gasteiger partial charge on any atom is -0.507 e. The molecule has 0 radical (unpaired) electrons. The fraction of sp³-hybridized carbons (Fsp3) is 0.280. The Labute approximate surface area is 182 Å². The van der Waals surface area contributed by atoms with Crippen molar-refractivity contribution >= 4 is 22.9 Å². The summed E-state index contributed by atoms with van der Waals surface area (Å²) in [6.07, 6.45) is 4.03. The van der Waals surface area contributed by atoms with E-state index in [0.29, 0.717) is 17.9 Å². The number of carbonyl (C=O) groups excluding carboxylic acids is 1. The molecule has 162 valence electrons. The molecule has 0 bridgehead atoms. The van der Waals surface area contributed by atoms with Crippen molar-refractivity contribution in [2.24, 2.45) is 5.10 Å². The number of rotatable bonds is 10. The summed E-state index contributed by atoms with van der Waals surface area (Å²) in [6.45, 7) is 4.49. The van der Waals surface area contributed by atoms with Crippen LogP contribution in [0.2, 0.25) is 0 Å². The number of hydrogen-bond donors (Lipinski definition) is 2. The maximum Gasteiger partial charge on any atom is 0.280 e. The van der Waals surface area contributed by atoms with Crippen LogP contribution in [0.4, 0.5) is 0 Å². The largest absolute Gasteiger partial charge is 0.507 e. The highest BCUT2D eigenvalue weighted by Crippen LogP contribution is 2.25. The maximum absolute atomic E-state index is 12.3. The van der Waals surface area contributed by atoms with Gasteiger partial charge >= 0.3 is 0 Å². The highest BCUT2D eigenvalue weighted by atomic mass is 16.5. The number of hydrazone groups is 1. The second-order valence-electron chi connectivity index (χ2n) is 7.24. The average molecular weight is 421 g/mol. The Kier molecular flexibility index (Phi) is 7.87. The Morgan fingerprint density at radius 3 is 2.58 bits per heavy atom. The van der Waals surface area contributed by atoms with E-state index in [2.05, 4.69) is 17.5 Å². The van der Waals surface area contributed by atoms with Crippen molar-refractivity contribution in [2.45, 2.75) is 39.2 Å². The molecule has 0 aliphatic heterocycles. The van der Waals surface area contributed by atoms with E-state index in [4.69, 9.17) is 9.47 Å². The molecule has 3 aromatic rings. The van der Waals surface area contributed by atoms with Crippen LogP contribution in [-0.4, -0.2) is 29.9 Å². The summed E-state index contributed by atoms with van der Waals surface area (Å²) < 4.78 is 11.4. The van der Waals surface area contributed by atoms with Gasteiger partial charge in [-0.25, -0.2) is 5.43 Å². The number of benzene rings is 3. The fourth-order valence-corrected chi connectivity index (χ4v) is 3.09. The lowest BCUT2D eigenvalue weighted by molar-refractivity contribution is -0.127. The molecule has 3 rings (SSSR count). The molecule has 2 N–H and O–H groups in total. The molecule has 0 saturated heterocycles. The first-order valence-corrected chi connectivity index (χ1v) is 10.5. The van der Waals surface area contributed by atoms with Gasteiger partial charge in [-0.1, -0.05) is 50.1 Å². The van der Waals surface area contributed by atoms with Crippen LogP contribution in [0.15, 0.2) is 65.8 Å². The third-order valence-corrected chi connectivity index (χ3v) is 4.84. The number of unbranched alkanes of at least 4 members (excludes halogenated alkanes) is 2. The van der Waals surface area contributed by atoms with Gasteiger partial charge in [0.05, 0.1) is 12.8 Å². The number of ether oxygens (including phenoxy) is 2. The van der Waals surface area contributed by atoms with Crippen LogP contribution < -0.4 is 14.9 Å². The molecule has 0 aliphatic rings. The van der Waals surface area contributed by atoms with Gasteiger partial charge in [0.25, 0.3) is 5.91 Å². The van der Waals surface area contributed by atoms with E-state index in [1.165, 1.54) is 6.21 Å². The molecular weight excluding hydrogens is 392 g/mol. The number of phenols is 1. The zero-order valence-electron chi connectivity index (χ0n) is 17.9. The third kappa shape index (κ3) is 6.22. The summed E-state index contributed by atoms with van der Waals surface area (Å²) in [5.74, 6) is 1.05. The van der Waals surface area contributed by atoms with Gasteiger partial charge in [-0.05, 0) is 54.4 Å². The predicted molar refractivity (Wildman–Crippen MR) is 123 cm³/mol. The number of nitrogens with one attached hydrogen (secondary N) is 1. The van der Waals surface area contributed by atoms with Crippen molar-refractivity contribution in [3.63, 3.8) is 0 Å². The molecule has 31 heavy (non-hydrogen) atoms. The first-order chi connectivity index (χ1) is 15.1. The number of carbonyl (C=O) groups is 1. The van der Waals surface area contributed by atoms with Gasteiger partial charge in [0.1, 0.15) is 17.2 Å². The van der Waals surface area contributed by atoms with Crippen LogP contribution in [0.3, 0.4) is 0 Å². The quantitative estimate of drug-likeness (QED) is 0.274. The molecule has 3 aromatic carbocycles. The van der Waals surface area contributed by atoms with E-state index >= 15 is 0 Å². The summed E-state index contributed by atoms with van der Waals surface area (Å²) in [6, 6.07) is 18.3. The Morgan fingerprint density at radius 1 is 1.06 bits per heavy atom. The number of fused-ring (bicyclic) bond motifs is 1. The van der Waals surface area contributed by atoms with Gasteiger partial charge in [-0.2, -0.15) is 5.10 Å².